The molecule has 0 radical (unpaired) electrons. The Morgan fingerprint density at radius 3 is 2.62 bits per heavy atom. The maximum atomic E-state index is 13.0. The van der Waals surface area contributed by atoms with Crippen molar-refractivity contribution in [2.45, 2.75) is 25.8 Å². The molecular formula is C31H35N3O5. The molecule has 3 N–H and O–H groups in total. The summed E-state index contributed by atoms with van der Waals surface area (Å²) in [6, 6.07) is 20.1. The summed E-state index contributed by atoms with van der Waals surface area (Å²) in [6.07, 6.45) is 1.35. The van der Waals surface area contributed by atoms with Gasteiger partial charge in [0.15, 0.2) is 0 Å². The first-order valence-electron chi connectivity index (χ1n) is 13.3. The van der Waals surface area contributed by atoms with Crippen molar-refractivity contribution in [3.8, 4) is 5.75 Å². The van der Waals surface area contributed by atoms with Gasteiger partial charge in [0.25, 0.3) is 0 Å². The zero-order chi connectivity index (χ0) is 27.4. The fraction of sp³-hybridized carbons (Fsp3) is 0.323. The average molecular weight is 530 g/mol. The number of ether oxygens (including phenoxy) is 3. The average Bonchev–Trinajstić information content (AvgIpc) is 3.48. The molecule has 0 saturated carbocycles. The van der Waals surface area contributed by atoms with Crippen LogP contribution in [-0.2, 0) is 15.9 Å². The summed E-state index contributed by atoms with van der Waals surface area (Å²) in [7, 11) is 3.53. The Balaban J connectivity index is 1.47. The number of fused-ring (bicyclic) bond motifs is 2. The van der Waals surface area contributed by atoms with Crippen LogP contribution < -0.4 is 10.2 Å². The van der Waals surface area contributed by atoms with Gasteiger partial charge in [0, 0.05) is 36.1 Å². The van der Waals surface area contributed by atoms with E-state index in [1.54, 1.807) is 14.0 Å². The van der Waals surface area contributed by atoms with Gasteiger partial charge in [-0.25, -0.2) is 10.2 Å². The number of esters is 1. The van der Waals surface area contributed by atoms with Gasteiger partial charge in [-0.1, -0.05) is 54.6 Å². The van der Waals surface area contributed by atoms with Crippen LogP contribution >= 0.6 is 0 Å². The first-order valence-corrected chi connectivity index (χ1v) is 13.3. The van der Waals surface area contributed by atoms with Crippen LogP contribution in [0.4, 0.5) is 0 Å². The predicted octanol–water partition coefficient (Wildman–Crippen LogP) is 4.68. The van der Waals surface area contributed by atoms with Crippen LogP contribution in [0.15, 0.2) is 66.4 Å². The van der Waals surface area contributed by atoms with E-state index in [9.17, 15) is 9.90 Å². The number of aryl methyl sites for hydroxylation is 1. The molecule has 4 aromatic rings. The minimum atomic E-state index is -0.379. The highest BCUT2D eigenvalue weighted by Gasteiger charge is 2.32. The number of aromatic nitrogens is 1. The number of hydrazine groups is 1. The Morgan fingerprint density at radius 2 is 1.82 bits per heavy atom. The molecule has 1 aromatic heterocycles. The minimum absolute atomic E-state index is 0.126. The standard InChI is InChI=1S/C31H35N3O5/c1-4-38-31(36)30-23(15-9-17-39-27-16-7-11-20-10-5-6-12-21(20)27)22-13-8-14-24(29(22)32-30)28-25(19-37-3)33-34(2)26(28)18-35/h5-8,10-14,16,25,32-33,35H,4,9,15,17-19H2,1-3H3. The van der Waals surface area contributed by atoms with Gasteiger partial charge in [-0.2, -0.15) is 0 Å². The molecule has 0 aliphatic carbocycles. The van der Waals surface area contributed by atoms with E-state index >= 15 is 0 Å². The molecule has 1 aliphatic heterocycles. The third-order valence-electron chi connectivity index (χ3n) is 7.19. The number of nitrogens with zero attached hydrogens (tertiary/aromatic N) is 1. The molecule has 5 rings (SSSR count). The SMILES string of the molecule is CCOC(=O)c1[nH]c2c(C3=C(CO)N(C)NC3COC)cccc2c1CCCOc1cccc2ccccc12. The van der Waals surface area contributed by atoms with Crippen molar-refractivity contribution >= 4 is 33.2 Å². The van der Waals surface area contributed by atoms with Crippen molar-refractivity contribution in [1.82, 2.24) is 15.4 Å². The van der Waals surface area contributed by atoms with Gasteiger partial charge in [-0.3, -0.25) is 0 Å². The van der Waals surface area contributed by atoms with Crippen LogP contribution in [0.1, 0.15) is 35.0 Å². The van der Waals surface area contributed by atoms with Crippen molar-refractivity contribution in [2.24, 2.45) is 0 Å². The van der Waals surface area contributed by atoms with Gasteiger partial charge in [0.05, 0.1) is 43.7 Å². The molecule has 1 unspecified atom stereocenters. The van der Waals surface area contributed by atoms with Gasteiger partial charge in [-0.05, 0) is 36.8 Å². The number of benzene rings is 3. The Kier molecular flexibility index (Phi) is 8.16. The van der Waals surface area contributed by atoms with Crippen LogP contribution in [-0.4, -0.2) is 67.7 Å². The number of hydrogen-bond acceptors (Lipinski definition) is 7. The zero-order valence-electron chi connectivity index (χ0n) is 22.6. The van der Waals surface area contributed by atoms with E-state index in [1.165, 1.54) is 0 Å². The summed E-state index contributed by atoms with van der Waals surface area (Å²) in [5.74, 6) is 0.474. The van der Waals surface area contributed by atoms with Crippen LogP contribution in [0.3, 0.4) is 0 Å². The van der Waals surface area contributed by atoms with Crippen molar-refractivity contribution in [2.75, 3.05) is 40.6 Å². The monoisotopic (exact) mass is 529 g/mol. The highest BCUT2D eigenvalue weighted by atomic mass is 16.5. The molecule has 1 aliphatic rings. The Morgan fingerprint density at radius 1 is 1.05 bits per heavy atom. The highest BCUT2D eigenvalue weighted by Crippen LogP contribution is 2.36. The van der Waals surface area contributed by atoms with Gasteiger partial charge in [-0.15, -0.1) is 0 Å². The molecule has 8 nitrogen and oxygen atoms in total. The van der Waals surface area contributed by atoms with Crippen molar-refractivity contribution < 1.29 is 24.1 Å². The third-order valence-corrected chi connectivity index (χ3v) is 7.19. The summed E-state index contributed by atoms with van der Waals surface area (Å²) in [5.41, 5.74) is 8.17. The second-order valence-electron chi connectivity index (χ2n) is 9.57. The van der Waals surface area contributed by atoms with Crippen molar-refractivity contribution in [1.29, 1.82) is 0 Å². The van der Waals surface area contributed by atoms with Crippen LogP contribution in [0, 0.1) is 0 Å². The molecule has 0 fully saturated rings. The van der Waals surface area contributed by atoms with Crippen molar-refractivity contribution in [3.63, 3.8) is 0 Å². The summed E-state index contributed by atoms with van der Waals surface area (Å²) >= 11 is 0. The molecule has 3 aromatic carbocycles. The smallest absolute Gasteiger partial charge is 0.355 e. The lowest BCUT2D eigenvalue weighted by Gasteiger charge is -2.17. The number of methoxy groups -OCH3 is 1. The zero-order valence-corrected chi connectivity index (χ0v) is 22.6. The Labute approximate surface area is 228 Å². The van der Waals surface area contributed by atoms with E-state index in [4.69, 9.17) is 14.2 Å². The molecule has 0 saturated heterocycles. The molecule has 8 heteroatoms. The van der Waals surface area contributed by atoms with E-state index in [0.29, 0.717) is 31.7 Å². The summed E-state index contributed by atoms with van der Waals surface area (Å²) in [5, 5.41) is 15.2. The second-order valence-corrected chi connectivity index (χ2v) is 9.57. The van der Waals surface area contributed by atoms with E-state index in [0.717, 1.165) is 49.8 Å². The topological polar surface area (TPSA) is 96.1 Å². The second kappa shape index (κ2) is 11.9. The van der Waals surface area contributed by atoms with E-state index < -0.39 is 0 Å². The largest absolute Gasteiger partial charge is 0.493 e. The normalized spacial score (nSPS) is 15.5. The molecule has 2 heterocycles. The van der Waals surface area contributed by atoms with E-state index in [-0.39, 0.29) is 25.2 Å². The fourth-order valence-corrected chi connectivity index (χ4v) is 5.47. The Bertz CT molecular complexity index is 1500. The third kappa shape index (κ3) is 5.23. The number of H-pyrrole nitrogens is 1. The molecule has 0 bridgehead atoms. The first-order chi connectivity index (χ1) is 19.1. The first kappa shape index (κ1) is 26.7. The van der Waals surface area contributed by atoms with Gasteiger partial charge in [0.2, 0.25) is 0 Å². The lowest BCUT2D eigenvalue weighted by Crippen LogP contribution is -2.37. The number of aromatic amines is 1. The molecule has 39 heavy (non-hydrogen) atoms. The van der Waals surface area contributed by atoms with Crippen LogP contribution in [0.2, 0.25) is 0 Å². The number of carbonyl (C=O) groups excluding carboxylic acids is 1. The number of aliphatic hydroxyl groups excluding tert-OH is 1. The van der Waals surface area contributed by atoms with Gasteiger partial charge in [0.1, 0.15) is 11.4 Å². The molecule has 0 amide bonds. The highest BCUT2D eigenvalue weighted by molar-refractivity contribution is 6.02. The van der Waals surface area contributed by atoms with E-state index in [1.807, 2.05) is 54.5 Å². The number of likely N-dealkylation sites (N-methyl/N-ethyl adjacent to an activating group) is 1. The van der Waals surface area contributed by atoms with Crippen molar-refractivity contribution in [3.05, 3.63) is 83.2 Å². The number of hydrogen-bond donors (Lipinski definition) is 3. The van der Waals surface area contributed by atoms with Crippen LogP contribution in [0.5, 0.6) is 5.75 Å². The number of nitrogens with one attached hydrogen (secondary N) is 2. The number of rotatable bonds is 11. The summed E-state index contributed by atoms with van der Waals surface area (Å²) in [6.45, 7) is 2.90. The maximum absolute atomic E-state index is 13.0. The number of carbonyl (C=O) groups is 1. The quantitative estimate of drug-likeness (QED) is 0.192. The minimum Gasteiger partial charge on any atom is -0.493 e. The fourth-order valence-electron chi connectivity index (χ4n) is 5.47. The lowest BCUT2D eigenvalue weighted by molar-refractivity contribution is 0.0519. The van der Waals surface area contributed by atoms with E-state index in [2.05, 4.69) is 28.6 Å². The molecule has 0 spiro atoms. The molecule has 204 valence electrons. The van der Waals surface area contributed by atoms with Gasteiger partial charge < -0.3 is 29.3 Å². The van der Waals surface area contributed by atoms with Crippen LogP contribution in [0.25, 0.3) is 27.2 Å². The summed E-state index contributed by atoms with van der Waals surface area (Å²) in [4.78, 5) is 16.4. The Hall–Kier alpha value is -3.85. The molecule has 1 atom stereocenters. The molecular weight excluding hydrogens is 494 g/mol. The predicted molar refractivity (Wildman–Crippen MR) is 153 cm³/mol. The lowest BCUT2D eigenvalue weighted by atomic mass is 9.95. The maximum Gasteiger partial charge on any atom is 0.355 e. The number of aliphatic hydroxyl groups is 1. The van der Waals surface area contributed by atoms with Gasteiger partial charge >= 0.3 is 5.97 Å². The number of para-hydroxylation sites is 1. The summed E-state index contributed by atoms with van der Waals surface area (Å²) < 4.78 is 17.0.